The van der Waals surface area contributed by atoms with Crippen LogP contribution in [0, 0.1) is 0 Å². The number of anilines is 1. The molecule has 0 aromatic heterocycles. The Hall–Kier alpha value is -3.63. The molecule has 2 amide bonds. The van der Waals surface area contributed by atoms with Crippen molar-refractivity contribution in [2.45, 2.75) is 18.8 Å². The number of nitrogens with zero attached hydrogens (tertiary/aromatic N) is 1. The summed E-state index contributed by atoms with van der Waals surface area (Å²) in [6.07, 6.45) is -4.53. The molecule has 38 heavy (non-hydrogen) atoms. The Morgan fingerprint density at radius 2 is 1.79 bits per heavy atom. The molecular weight excluding hydrogens is 548 g/mol. The first-order valence-corrected chi connectivity index (χ1v) is 11.9. The van der Waals surface area contributed by atoms with Gasteiger partial charge < -0.3 is 24.4 Å². The van der Waals surface area contributed by atoms with Crippen LogP contribution >= 0.6 is 23.2 Å². The number of hydrogen-bond acceptors (Lipinski definition) is 5. The highest BCUT2D eigenvalue weighted by Crippen LogP contribution is 2.42. The maximum absolute atomic E-state index is 13.7. The Morgan fingerprint density at radius 1 is 1.08 bits per heavy atom. The van der Waals surface area contributed by atoms with E-state index in [4.69, 9.17) is 37.4 Å². The molecule has 0 aliphatic carbocycles. The SMILES string of the molecule is COc1ccc(CN2C(=O)COc3c(Cl)cc(Cl)cc3C2C(=O)Nc2ccc(C(F)(F)F)cc2)c(OC)c1. The highest BCUT2D eigenvalue weighted by atomic mass is 35.5. The number of carbonyl (C=O) groups is 2. The molecule has 3 aromatic carbocycles. The third-order valence-electron chi connectivity index (χ3n) is 5.87. The maximum Gasteiger partial charge on any atom is 0.416 e. The fourth-order valence-corrected chi connectivity index (χ4v) is 4.61. The van der Waals surface area contributed by atoms with Gasteiger partial charge in [0.25, 0.3) is 11.8 Å². The van der Waals surface area contributed by atoms with Crippen molar-refractivity contribution in [2.75, 3.05) is 26.1 Å². The summed E-state index contributed by atoms with van der Waals surface area (Å²) in [5, 5.41) is 2.88. The molecule has 1 heterocycles. The van der Waals surface area contributed by atoms with E-state index in [0.29, 0.717) is 17.1 Å². The van der Waals surface area contributed by atoms with Crippen LogP contribution in [0.2, 0.25) is 10.0 Å². The third-order valence-corrected chi connectivity index (χ3v) is 6.37. The van der Waals surface area contributed by atoms with E-state index in [9.17, 15) is 22.8 Å². The smallest absolute Gasteiger partial charge is 0.416 e. The van der Waals surface area contributed by atoms with Crippen LogP contribution in [0.3, 0.4) is 0 Å². The van der Waals surface area contributed by atoms with Crippen LogP contribution in [-0.2, 0) is 22.3 Å². The largest absolute Gasteiger partial charge is 0.497 e. The van der Waals surface area contributed by atoms with Crippen LogP contribution in [0.1, 0.15) is 22.7 Å². The molecule has 1 aliphatic rings. The molecule has 0 bridgehead atoms. The molecule has 4 rings (SSSR count). The van der Waals surface area contributed by atoms with E-state index in [0.717, 1.165) is 24.3 Å². The van der Waals surface area contributed by atoms with Crippen LogP contribution in [0.5, 0.6) is 17.2 Å². The minimum atomic E-state index is -4.53. The topological polar surface area (TPSA) is 77.1 Å². The normalized spacial score (nSPS) is 15.3. The summed E-state index contributed by atoms with van der Waals surface area (Å²) < 4.78 is 55.3. The zero-order valence-corrected chi connectivity index (χ0v) is 21.6. The van der Waals surface area contributed by atoms with Crippen molar-refractivity contribution in [1.82, 2.24) is 4.90 Å². The number of rotatable bonds is 6. The van der Waals surface area contributed by atoms with Gasteiger partial charge in [0.2, 0.25) is 0 Å². The summed E-state index contributed by atoms with van der Waals surface area (Å²) >= 11 is 12.6. The van der Waals surface area contributed by atoms with E-state index in [2.05, 4.69) is 5.32 Å². The maximum atomic E-state index is 13.7. The van der Waals surface area contributed by atoms with Crippen LogP contribution in [-0.4, -0.2) is 37.5 Å². The van der Waals surface area contributed by atoms with Crippen molar-refractivity contribution in [3.05, 3.63) is 81.3 Å². The van der Waals surface area contributed by atoms with Crippen molar-refractivity contribution in [3.8, 4) is 17.2 Å². The van der Waals surface area contributed by atoms with Gasteiger partial charge in [0.05, 0.1) is 31.4 Å². The van der Waals surface area contributed by atoms with Crippen LogP contribution in [0.25, 0.3) is 0 Å². The first-order valence-electron chi connectivity index (χ1n) is 11.1. The number of nitrogens with one attached hydrogen (secondary N) is 1. The lowest BCUT2D eigenvalue weighted by atomic mass is 10.0. The summed E-state index contributed by atoms with van der Waals surface area (Å²) in [6, 6.07) is 10.5. The molecule has 1 unspecified atom stereocenters. The molecule has 1 aliphatic heterocycles. The first kappa shape index (κ1) is 27.4. The zero-order valence-electron chi connectivity index (χ0n) is 20.1. The molecule has 3 aromatic rings. The molecule has 0 saturated carbocycles. The molecule has 0 saturated heterocycles. The Kier molecular flexibility index (Phi) is 7.94. The Bertz CT molecular complexity index is 1370. The van der Waals surface area contributed by atoms with E-state index in [1.807, 2.05) is 0 Å². The van der Waals surface area contributed by atoms with Crippen LogP contribution in [0.4, 0.5) is 18.9 Å². The predicted molar refractivity (Wildman–Crippen MR) is 135 cm³/mol. The summed E-state index contributed by atoms with van der Waals surface area (Å²) in [5.74, 6) is -0.221. The predicted octanol–water partition coefficient (Wildman–Crippen LogP) is 6.13. The molecule has 200 valence electrons. The molecule has 12 heteroatoms. The molecular formula is C26H21Cl2F3N2O5. The lowest BCUT2D eigenvalue weighted by Crippen LogP contribution is -2.41. The molecule has 1 N–H and O–H groups in total. The van der Waals surface area contributed by atoms with Gasteiger partial charge in [-0.05, 0) is 48.5 Å². The molecule has 0 radical (unpaired) electrons. The van der Waals surface area contributed by atoms with Crippen molar-refractivity contribution < 1.29 is 37.0 Å². The fourth-order valence-electron chi connectivity index (χ4n) is 4.05. The van der Waals surface area contributed by atoms with Gasteiger partial charge in [0.15, 0.2) is 6.61 Å². The van der Waals surface area contributed by atoms with Gasteiger partial charge >= 0.3 is 6.18 Å². The number of fused-ring (bicyclic) bond motifs is 1. The second-order valence-corrected chi connectivity index (χ2v) is 9.10. The van der Waals surface area contributed by atoms with Gasteiger partial charge in [-0.1, -0.05) is 23.2 Å². The minimum Gasteiger partial charge on any atom is -0.497 e. The number of carbonyl (C=O) groups excluding carboxylic acids is 2. The number of amides is 2. The van der Waals surface area contributed by atoms with E-state index in [1.165, 1.54) is 31.3 Å². The van der Waals surface area contributed by atoms with Crippen LogP contribution in [0.15, 0.2) is 54.6 Å². The van der Waals surface area contributed by atoms with E-state index >= 15 is 0 Å². The zero-order chi connectivity index (χ0) is 27.6. The molecule has 1 atom stereocenters. The minimum absolute atomic E-state index is 0.0793. The highest BCUT2D eigenvalue weighted by molar-refractivity contribution is 6.35. The quantitative estimate of drug-likeness (QED) is 0.387. The average molecular weight is 569 g/mol. The number of alkyl halides is 3. The van der Waals surface area contributed by atoms with E-state index in [-0.39, 0.29) is 33.6 Å². The number of benzene rings is 3. The van der Waals surface area contributed by atoms with Crippen molar-refractivity contribution >= 4 is 40.7 Å². The second-order valence-electron chi connectivity index (χ2n) is 8.26. The van der Waals surface area contributed by atoms with Crippen molar-refractivity contribution in [3.63, 3.8) is 0 Å². The van der Waals surface area contributed by atoms with Gasteiger partial charge in [0.1, 0.15) is 23.3 Å². The Morgan fingerprint density at radius 3 is 2.42 bits per heavy atom. The lowest BCUT2D eigenvalue weighted by molar-refractivity contribution is -0.140. The summed E-state index contributed by atoms with van der Waals surface area (Å²) in [7, 11) is 2.95. The van der Waals surface area contributed by atoms with Crippen molar-refractivity contribution in [1.29, 1.82) is 0 Å². The molecule has 7 nitrogen and oxygen atoms in total. The summed E-state index contributed by atoms with van der Waals surface area (Å²) in [4.78, 5) is 28.2. The van der Waals surface area contributed by atoms with Crippen molar-refractivity contribution in [2.24, 2.45) is 0 Å². The monoisotopic (exact) mass is 568 g/mol. The number of methoxy groups -OCH3 is 2. The van der Waals surface area contributed by atoms with Gasteiger partial charge in [-0.2, -0.15) is 13.2 Å². The Labute approximate surface area is 226 Å². The van der Waals surface area contributed by atoms with Gasteiger partial charge in [-0.25, -0.2) is 0 Å². The van der Waals surface area contributed by atoms with Gasteiger partial charge in [-0.3, -0.25) is 9.59 Å². The van der Waals surface area contributed by atoms with Crippen LogP contribution < -0.4 is 19.5 Å². The average Bonchev–Trinajstić information content (AvgIpc) is 3.00. The van der Waals surface area contributed by atoms with Gasteiger partial charge in [-0.15, -0.1) is 0 Å². The number of ether oxygens (including phenoxy) is 3. The lowest BCUT2D eigenvalue weighted by Gasteiger charge is -2.30. The highest BCUT2D eigenvalue weighted by Gasteiger charge is 2.38. The first-order chi connectivity index (χ1) is 18.0. The number of hydrogen-bond donors (Lipinski definition) is 1. The Balaban J connectivity index is 1.76. The second kappa shape index (κ2) is 11.0. The standard InChI is InChI=1S/C26H21Cl2F3N2O5/c1-36-18-8-3-14(21(11-18)37-2)12-33-22(34)13-38-24-19(9-16(27)10-20(24)28)23(33)25(35)32-17-6-4-15(5-7-17)26(29,30)31/h3-11,23H,12-13H2,1-2H3,(H,32,35). The van der Waals surface area contributed by atoms with E-state index < -0.39 is 36.2 Å². The summed E-state index contributed by atoms with van der Waals surface area (Å²) in [6.45, 7) is -0.499. The molecule has 0 fully saturated rings. The third kappa shape index (κ3) is 5.76. The summed E-state index contributed by atoms with van der Waals surface area (Å²) in [5.41, 5.74) is -0.00116. The molecule has 0 spiro atoms. The van der Waals surface area contributed by atoms with Gasteiger partial charge in [0, 0.05) is 27.9 Å². The number of halogens is 5. The fraction of sp³-hybridized carbons (Fsp3) is 0.231. The van der Waals surface area contributed by atoms with E-state index in [1.54, 1.807) is 18.2 Å².